The van der Waals surface area contributed by atoms with Crippen molar-refractivity contribution in [3.63, 3.8) is 0 Å². The van der Waals surface area contributed by atoms with E-state index < -0.39 is 0 Å². The molecule has 152 valence electrons. The van der Waals surface area contributed by atoms with Crippen LogP contribution in [0.2, 0.25) is 0 Å². The summed E-state index contributed by atoms with van der Waals surface area (Å²) in [5.41, 5.74) is 2.42. The van der Waals surface area contributed by atoms with Gasteiger partial charge in [0.25, 0.3) is 0 Å². The second kappa shape index (κ2) is 10.8. The molecular formula is C21H31N5O2. The summed E-state index contributed by atoms with van der Waals surface area (Å²) < 4.78 is 13.5. The first-order valence-electron chi connectivity index (χ1n) is 9.93. The number of guanidine groups is 1. The van der Waals surface area contributed by atoms with Gasteiger partial charge >= 0.3 is 0 Å². The number of nitrogens with one attached hydrogen (secondary N) is 1. The van der Waals surface area contributed by atoms with Crippen LogP contribution in [0.25, 0.3) is 0 Å². The van der Waals surface area contributed by atoms with Crippen LogP contribution in [0, 0.1) is 0 Å². The van der Waals surface area contributed by atoms with Crippen LogP contribution in [0.3, 0.4) is 0 Å². The van der Waals surface area contributed by atoms with E-state index in [9.17, 15) is 0 Å². The molecule has 7 nitrogen and oxygen atoms in total. The topological polar surface area (TPSA) is 63.9 Å². The van der Waals surface area contributed by atoms with Crippen molar-refractivity contribution in [2.75, 3.05) is 46.5 Å². The molecule has 2 aromatic rings. The Morgan fingerprint density at radius 3 is 2.93 bits per heavy atom. The van der Waals surface area contributed by atoms with Crippen molar-refractivity contribution >= 4 is 5.96 Å². The number of aliphatic imine (C=N–C) groups is 1. The van der Waals surface area contributed by atoms with Crippen molar-refractivity contribution in [3.8, 4) is 0 Å². The lowest BCUT2D eigenvalue weighted by Crippen LogP contribution is -2.48. The van der Waals surface area contributed by atoms with E-state index >= 15 is 0 Å². The van der Waals surface area contributed by atoms with Gasteiger partial charge in [-0.3, -0.25) is 9.67 Å². The van der Waals surface area contributed by atoms with Gasteiger partial charge in [-0.05, 0) is 18.4 Å². The molecule has 1 aromatic carbocycles. The molecule has 1 fully saturated rings. The van der Waals surface area contributed by atoms with Crippen LogP contribution in [0.1, 0.15) is 23.7 Å². The molecular weight excluding hydrogens is 354 g/mol. The largest absolute Gasteiger partial charge is 0.381 e. The number of hydrogen-bond donors (Lipinski definition) is 1. The number of nitrogens with zero attached hydrogens (tertiary/aromatic N) is 4. The molecule has 1 saturated heterocycles. The van der Waals surface area contributed by atoms with Gasteiger partial charge in [0.15, 0.2) is 5.96 Å². The highest BCUT2D eigenvalue weighted by atomic mass is 16.5. The van der Waals surface area contributed by atoms with Crippen molar-refractivity contribution in [3.05, 3.63) is 53.9 Å². The zero-order chi connectivity index (χ0) is 19.6. The second-order valence-corrected chi connectivity index (χ2v) is 6.93. The summed E-state index contributed by atoms with van der Waals surface area (Å²) in [5, 5.41) is 7.69. The fraction of sp³-hybridized carbons (Fsp3) is 0.524. The molecule has 1 unspecified atom stereocenters. The van der Waals surface area contributed by atoms with Crippen molar-refractivity contribution < 1.29 is 9.47 Å². The summed E-state index contributed by atoms with van der Waals surface area (Å²) in [6.45, 7) is 4.64. The van der Waals surface area contributed by atoms with E-state index in [1.165, 1.54) is 5.56 Å². The molecule has 0 spiro atoms. The van der Waals surface area contributed by atoms with E-state index in [2.05, 4.69) is 44.6 Å². The fourth-order valence-corrected chi connectivity index (χ4v) is 3.29. The van der Waals surface area contributed by atoms with Crippen LogP contribution in [0.5, 0.6) is 0 Å². The molecule has 1 aliphatic rings. The molecule has 0 saturated carbocycles. The number of morpholine rings is 1. The van der Waals surface area contributed by atoms with Crippen molar-refractivity contribution in [1.29, 1.82) is 0 Å². The summed E-state index contributed by atoms with van der Waals surface area (Å²) >= 11 is 0. The van der Waals surface area contributed by atoms with E-state index in [4.69, 9.17) is 9.47 Å². The lowest BCUT2D eigenvalue weighted by molar-refractivity contribution is -0.00805. The lowest BCUT2D eigenvalue weighted by atomic mass is 10.1. The minimum atomic E-state index is 0.0299. The predicted molar refractivity (Wildman–Crippen MR) is 110 cm³/mol. The van der Waals surface area contributed by atoms with Gasteiger partial charge in [-0.2, -0.15) is 5.10 Å². The van der Waals surface area contributed by atoms with Gasteiger partial charge in [0.05, 0.1) is 26.0 Å². The van der Waals surface area contributed by atoms with Crippen molar-refractivity contribution in [2.24, 2.45) is 12.0 Å². The average molecular weight is 386 g/mol. The standard InChI is InChI=1S/C21H31N5O2/c1-22-21(23-10-6-12-27-13-9-18-7-4-3-5-8-18)26-11-14-28-20(17-26)19-15-24-25(2)16-19/h3-5,7-8,15-16,20H,6,9-14,17H2,1-2H3,(H,22,23). The van der Waals surface area contributed by atoms with E-state index in [0.29, 0.717) is 6.61 Å². The van der Waals surface area contributed by atoms with Crippen molar-refractivity contribution in [2.45, 2.75) is 18.9 Å². The van der Waals surface area contributed by atoms with E-state index in [1.54, 1.807) is 0 Å². The smallest absolute Gasteiger partial charge is 0.193 e. The summed E-state index contributed by atoms with van der Waals surface area (Å²) in [7, 11) is 3.75. The molecule has 0 amide bonds. The summed E-state index contributed by atoms with van der Waals surface area (Å²) in [6, 6.07) is 10.4. The monoisotopic (exact) mass is 385 g/mol. The van der Waals surface area contributed by atoms with Gasteiger partial charge in [0.2, 0.25) is 0 Å². The van der Waals surface area contributed by atoms with Crippen molar-refractivity contribution in [1.82, 2.24) is 20.0 Å². The minimum absolute atomic E-state index is 0.0299. The van der Waals surface area contributed by atoms with Crippen LogP contribution < -0.4 is 5.32 Å². The Morgan fingerprint density at radius 2 is 2.18 bits per heavy atom. The van der Waals surface area contributed by atoms with Gasteiger partial charge in [-0.1, -0.05) is 30.3 Å². The van der Waals surface area contributed by atoms with Gasteiger partial charge in [-0.25, -0.2) is 0 Å². The molecule has 1 atom stereocenters. The zero-order valence-corrected chi connectivity index (χ0v) is 16.9. The molecule has 1 aliphatic heterocycles. The Bertz CT molecular complexity index is 731. The lowest BCUT2D eigenvalue weighted by Gasteiger charge is -2.34. The first-order chi connectivity index (χ1) is 13.8. The van der Waals surface area contributed by atoms with Crippen LogP contribution in [-0.2, 0) is 22.9 Å². The third kappa shape index (κ3) is 6.07. The third-order valence-electron chi connectivity index (χ3n) is 4.80. The van der Waals surface area contributed by atoms with Gasteiger partial charge in [0, 0.05) is 45.6 Å². The molecule has 1 aromatic heterocycles. The molecule has 0 bridgehead atoms. The Kier molecular flexibility index (Phi) is 7.87. The van der Waals surface area contributed by atoms with Gasteiger partial charge < -0.3 is 19.7 Å². The maximum Gasteiger partial charge on any atom is 0.193 e. The van der Waals surface area contributed by atoms with Gasteiger partial charge in [0.1, 0.15) is 6.10 Å². The SMILES string of the molecule is CN=C(NCCCOCCc1ccccc1)N1CCOC(c2cnn(C)c2)C1. The number of benzene rings is 1. The molecule has 0 radical (unpaired) electrons. The maximum absolute atomic E-state index is 5.91. The van der Waals surface area contributed by atoms with E-state index in [0.717, 1.165) is 57.2 Å². The predicted octanol–water partition coefficient (Wildman–Crippen LogP) is 2.02. The highest BCUT2D eigenvalue weighted by Crippen LogP contribution is 2.21. The molecule has 0 aliphatic carbocycles. The normalized spacial score (nSPS) is 17.7. The molecule has 2 heterocycles. The fourth-order valence-electron chi connectivity index (χ4n) is 3.29. The Labute approximate surface area is 167 Å². The Morgan fingerprint density at radius 1 is 1.32 bits per heavy atom. The Hall–Kier alpha value is -2.38. The second-order valence-electron chi connectivity index (χ2n) is 6.93. The van der Waals surface area contributed by atoms with Crippen LogP contribution in [-0.4, -0.2) is 67.1 Å². The van der Waals surface area contributed by atoms with Gasteiger partial charge in [-0.15, -0.1) is 0 Å². The molecule has 1 N–H and O–H groups in total. The average Bonchev–Trinajstić information content (AvgIpc) is 3.17. The molecule has 28 heavy (non-hydrogen) atoms. The quantitative estimate of drug-likeness (QED) is 0.428. The third-order valence-corrected chi connectivity index (χ3v) is 4.80. The van der Waals surface area contributed by atoms with E-state index in [1.807, 2.05) is 37.2 Å². The number of aromatic nitrogens is 2. The first kappa shape index (κ1) is 20.4. The number of aryl methyl sites for hydroxylation is 1. The number of rotatable bonds is 8. The Balaban J connectivity index is 1.34. The molecule has 3 rings (SSSR count). The maximum atomic E-state index is 5.91. The number of hydrogen-bond acceptors (Lipinski definition) is 4. The summed E-state index contributed by atoms with van der Waals surface area (Å²) in [4.78, 5) is 6.68. The van der Waals surface area contributed by atoms with Crippen LogP contribution in [0.4, 0.5) is 0 Å². The van der Waals surface area contributed by atoms with Crippen LogP contribution >= 0.6 is 0 Å². The highest BCUT2D eigenvalue weighted by Gasteiger charge is 2.24. The first-order valence-corrected chi connectivity index (χ1v) is 9.93. The minimum Gasteiger partial charge on any atom is -0.381 e. The highest BCUT2D eigenvalue weighted by molar-refractivity contribution is 5.80. The summed E-state index contributed by atoms with van der Waals surface area (Å²) in [6.07, 6.45) is 5.82. The zero-order valence-electron chi connectivity index (χ0n) is 16.9. The number of ether oxygens (including phenoxy) is 2. The van der Waals surface area contributed by atoms with Crippen LogP contribution in [0.15, 0.2) is 47.7 Å². The van der Waals surface area contributed by atoms with E-state index in [-0.39, 0.29) is 6.10 Å². The molecule has 7 heteroatoms. The summed E-state index contributed by atoms with van der Waals surface area (Å²) in [5.74, 6) is 0.918.